The Morgan fingerprint density at radius 2 is 2.05 bits per heavy atom. The highest BCUT2D eigenvalue weighted by Gasteiger charge is 2.33. The molecule has 1 saturated heterocycles. The number of hydrogen-bond acceptors (Lipinski definition) is 1. The first-order valence-corrected chi connectivity index (χ1v) is 6.97. The SMILES string of the molecule is FC(F)(F)c1ccc2c(c1)CCC2CC1CCCN1. The van der Waals surface area contributed by atoms with Crippen molar-refractivity contribution in [2.24, 2.45) is 0 Å². The van der Waals surface area contributed by atoms with Crippen LogP contribution in [-0.2, 0) is 12.6 Å². The van der Waals surface area contributed by atoms with Crippen LogP contribution < -0.4 is 5.32 Å². The molecule has 2 aliphatic rings. The zero-order valence-corrected chi connectivity index (χ0v) is 10.8. The molecular weight excluding hydrogens is 251 g/mol. The highest BCUT2D eigenvalue weighted by Crippen LogP contribution is 2.40. The molecule has 1 nitrogen and oxygen atoms in total. The molecule has 0 amide bonds. The van der Waals surface area contributed by atoms with Crippen LogP contribution in [0.4, 0.5) is 13.2 Å². The molecule has 2 unspecified atom stereocenters. The maximum absolute atomic E-state index is 12.7. The number of halogens is 3. The zero-order valence-electron chi connectivity index (χ0n) is 10.8. The molecular formula is C15H18F3N. The van der Waals surface area contributed by atoms with Crippen LogP contribution in [-0.4, -0.2) is 12.6 Å². The van der Waals surface area contributed by atoms with E-state index in [1.165, 1.54) is 25.0 Å². The topological polar surface area (TPSA) is 12.0 Å². The van der Waals surface area contributed by atoms with Gasteiger partial charge in [0.2, 0.25) is 0 Å². The molecule has 19 heavy (non-hydrogen) atoms. The molecule has 2 atom stereocenters. The van der Waals surface area contributed by atoms with Crippen LogP contribution in [0.15, 0.2) is 18.2 Å². The van der Waals surface area contributed by atoms with Crippen molar-refractivity contribution in [2.75, 3.05) is 6.54 Å². The van der Waals surface area contributed by atoms with Crippen LogP contribution in [0.5, 0.6) is 0 Å². The maximum atomic E-state index is 12.7. The van der Waals surface area contributed by atoms with E-state index in [1.54, 1.807) is 6.07 Å². The number of aryl methyl sites for hydroxylation is 1. The highest BCUT2D eigenvalue weighted by atomic mass is 19.4. The maximum Gasteiger partial charge on any atom is 0.416 e. The smallest absolute Gasteiger partial charge is 0.314 e. The molecule has 1 aliphatic heterocycles. The summed E-state index contributed by atoms with van der Waals surface area (Å²) in [6.45, 7) is 1.08. The van der Waals surface area contributed by atoms with Crippen molar-refractivity contribution in [2.45, 2.75) is 50.2 Å². The molecule has 1 heterocycles. The van der Waals surface area contributed by atoms with Gasteiger partial charge < -0.3 is 5.32 Å². The summed E-state index contributed by atoms with van der Waals surface area (Å²) in [5.41, 5.74) is 1.53. The van der Waals surface area contributed by atoms with Crippen LogP contribution in [0.25, 0.3) is 0 Å². The minimum absolute atomic E-state index is 0.438. The van der Waals surface area contributed by atoms with Crippen molar-refractivity contribution in [3.8, 4) is 0 Å². The summed E-state index contributed by atoms with van der Waals surface area (Å²) in [6, 6.07) is 4.83. The lowest BCUT2D eigenvalue weighted by Gasteiger charge is -2.17. The average molecular weight is 269 g/mol. The normalized spacial score (nSPS) is 26.7. The van der Waals surface area contributed by atoms with Crippen molar-refractivity contribution in [3.05, 3.63) is 34.9 Å². The van der Waals surface area contributed by atoms with E-state index in [4.69, 9.17) is 0 Å². The van der Waals surface area contributed by atoms with Crippen molar-refractivity contribution < 1.29 is 13.2 Å². The largest absolute Gasteiger partial charge is 0.416 e. The first-order valence-electron chi connectivity index (χ1n) is 6.97. The standard InChI is InChI=1S/C15H18F3N/c16-15(17,18)12-5-6-14-10(8-12)3-4-11(14)9-13-2-1-7-19-13/h5-6,8,11,13,19H,1-4,7,9H2. The monoisotopic (exact) mass is 269 g/mol. The van der Waals surface area contributed by atoms with E-state index in [9.17, 15) is 13.2 Å². The zero-order chi connectivity index (χ0) is 13.5. The molecule has 1 aromatic carbocycles. The molecule has 104 valence electrons. The fraction of sp³-hybridized carbons (Fsp3) is 0.600. The van der Waals surface area contributed by atoms with Gasteiger partial charge in [-0.05, 0) is 67.8 Å². The van der Waals surface area contributed by atoms with Gasteiger partial charge in [-0.2, -0.15) is 13.2 Å². The Bertz CT molecular complexity index is 461. The number of alkyl halides is 3. The van der Waals surface area contributed by atoms with Gasteiger partial charge in [-0.15, -0.1) is 0 Å². The molecule has 0 bridgehead atoms. The second kappa shape index (κ2) is 4.82. The quantitative estimate of drug-likeness (QED) is 0.859. The summed E-state index contributed by atoms with van der Waals surface area (Å²) in [4.78, 5) is 0. The van der Waals surface area contributed by atoms with Gasteiger partial charge >= 0.3 is 6.18 Å². The van der Waals surface area contributed by atoms with Gasteiger partial charge in [0, 0.05) is 6.04 Å². The molecule has 0 saturated carbocycles. The van der Waals surface area contributed by atoms with Gasteiger partial charge in [0.1, 0.15) is 0 Å². The summed E-state index contributed by atoms with van der Waals surface area (Å²) in [5.74, 6) is 0.438. The lowest BCUT2D eigenvalue weighted by atomic mass is 9.92. The molecule has 3 rings (SSSR count). The Kier molecular flexibility index (Phi) is 3.29. The van der Waals surface area contributed by atoms with Crippen LogP contribution >= 0.6 is 0 Å². The predicted molar refractivity (Wildman–Crippen MR) is 68.1 cm³/mol. The molecule has 0 radical (unpaired) electrons. The van der Waals surface area contributed by atoms with E-state index >= 15 is 0 Å². The molecule has 1 aliphatic carbocycles. The third-order valence-corrected chi connectivity index (χ3v) is 4.40. The molecule has 4 heteroatoms. The average Bonchev–Trinajstić information content (AvgIpc) is 2.98. The minimum atomic E-state index is -4.22. The first-order chi connectivity index (χ1) is 9.04. The highest BCUT2D eigenvalue weighted by molar-refractivity contribution is 5.39. The van der Waals surface area contributed by atoms with E-state index in [0.717, 1.165) is 36.9 Å². The number of fused-ring (bicyclic) bond motifs is 1. The predicted octanol–water partition coefficient (Wildman–Crippen LogP) is 3.88. The van der Waals surface area contributed by atoms with Crippen LogP contribution in [0, 0.1) is 0 Å². The van der Waals surface area contributed by atoms with Crippen molar-refractivity contribution >= 4 is 0 Å². The van der Waals surface area contributed by atoms with E-state index in [2.05, 4.69) is 5.32 Å². The van der Waals surface area contributed by atoms with E-state index in [-0.39, 0.29) is 0 Å². The van der Waals surface area contributed by atoms with E-state index in [0.29, 0.717) is 12.0 Å². The third kappa shape index (κ3) is 2.64. The fourth-order valence-electron chi connectivity index (χ4n) is 3.43. The van der Waals surface area contributed by atoms with Crippen molar-refractivity contribution in [3.63, 3.8) is 0 Å². The van der Waals surface area contributed by atoms with Crippen LogP contribution in [0.2, 0.25) is 0 Å². The van der Waals surface area contributed by atoms with Crippen LogP contribution in [0.3, 0.4) is 0 Å². The Morgan fingerprint density at radius 1 is 1.21 bits per heavy atom. The second-order valence-corrected chi connectivity index (χ2v) is 5.68. The summed E-state index contributed by atoms with van der Waals surface area (Å²) >= 11 is 0. The van der Waals surface area contributed by atoms with E-state index < -0.39 is 11.7 Å². The molecule has 1 fully saturated rings. The van der Waals surface area contributed by atoms with Gasteiger partial charge in [-0.1, -0.05) is 6.07 Å². The summed E-state index contributed by atoms with van der Waals surface area (Å²) in [5, 5.41) is 3.47. The van der Waals surface area contributed by atoms with Gasteiger partial charge in [0.15, 0.2) is 0 Å². The lowest BCUT2D eigenvalue weighted by Crippen LogP contribution is -2.23. The second-order valence-electron chi connectivity index (χ2n) is 5.68. The fourth-order valence-corrected chi connectivity index (χ4v) is 3.43. The minimum Gasteiger partial charge on any atom is -0.314 e. The number of benzene rings is 1. The Labute approximate surface area is 111 Å². The van der Waals surface area contributed by atoms with Gasteiger partial charge in [-0.25, -0.2) is 0 Å². The van der Waals surface area contributed by atoms with Crippen molar-refractivity contribution in [1.82, 2.24) is 5.32 Å². The number of hydrogen-bond donors (Lipinski definition) is 1. The lowest BCUT2D eigenvalue weighted by molar-refractivity contribution is -0.137. The van der Waals surface area contributed by atoms with Crippen LogP contribution in [0.1, 0.15) is 48.3 Å². The van der Waals surface area contributed by atoms with Gasteiger partial charge in [0.05, 0.1) is 5.56 Å². The first kappa shape index (κ1) is 13.0. The number of rotatable bonds is 2. The molecule has 1 aromatic rings. The Balaban J connectivity index is 1.77. The Morgan fingerprint density at radius 3 is 2.74 bits per heavy atom. The summed E-state index contributed by atoms with van der Waals surface area (Å²) in [6.07, 6.45) is 1.05. The van der Waals surface area contributed by atoms with E-state index in [1.807, 2.05) is 0 Å². The van der Waals surface area contributed by atoms with Gasteiger partial charge in [-0.3, -0.25) is 0 Å². The summed E-state index contributed by atoms with van der Waals surface area (Å²) in [7, 11) is 0. The number of nitrogens with one attached hydrogen (secondary N) is 1. The third-order valence-electron chi connectivity index (χ3n) is 4.40. The molecule has 0 aromatic heterocycles. The van der Waals surface area contributed by atoms with Gasteiger partial charge in [0.25, 0.3) is 0 Å². The molecule has 0 spiro atoms. The summed E-state index contributed by atoms with van der Waals surface area (Å²) < 4.78 is 38.0. The Hall–Kier alpha value is -1.03. The molecule has 1 N–H and O–H groups in total. The van der Waals surface area contributed by atoms with Crippen molar-refractivity contribution in [1.29, 1.82) is 0 Å².